The van der Waals surface area contributed by atoms with Crippen molar-refractivity contribution in [2.75, 3.05) is 29.5 Å². The number of carbonyl (C=O) groups excluding carboxylic acids is 2. The van der Waals surface area contributed by atoms with Crippen LogP contribution < -0.4 is 9.62 Å². The molecule has 1 aliphatic carbocycles. The second-order valence-electron chi connectivity index (χ2n) is 10.3. The third-order valence-electron chi connectivity index (χ3n) is 7.37. The highest BCUT2D eigenvalue weighted by Crippen LogP contribution is 2.38. The number of hydrogen-bond acceptors (Lipinski definition) is 7. The summed E-state index contributed by atoms with van der Waals surface area (Å²) in [4.78, 5) is 28.9. The standard InChI is InChI=1S/C24H34N4O6S2/c1-15(2)12-13-28-19-9-7-5-6-8-17(19)22(29)21(24(28)30)23-25-18-11-10-16(27(3)35(4,31)32)14-20(18)36(33,34)26-23/h10-11,14-15,17,19,21H,5-9,12-13H2,1-4H3,(H,25,26). The summed E-state index contributed by atoms with van der Waals surface area (Å²) in [5.74, 6) is -2.14. The van der Waals surface area contributed by atoms with Gasteiger partial charge in [0.25, 0.3) is 10.0 Å². The molecule has 1 aromatic rings. The van der Waals surface area contributed by atoms with E-state index in [1.807, 2.05) is 0 Å². The number of likely N-dealkylation sites (tertiary alicyclic amines) is 1. The molecule has 1 N–H and O–H groups in total. The maximum atomic E-state index is 13.7. The Balaban J connectivity index is 1.72. The lowest BCUT2D eigenvalue weighted by Crippen LogP contribution is -2.60. The average molecular weight is 539 g/mol. The number of piperidine rings is 1. The van der Waals surface area contributed by atoms with E-state index in [0.717, 1.165) is 42.7 Å². The number of ketones is 1. The molecule has 0 bridgehead atoms. The van der Waals surface area contributed by atoms with Crippen LogP contribution in [0.25, 0.3) is 0 Å². The quantitative estimate of drug-likeness (QED) is 0.551. The molecule has 1 saturated carbocycles. The van der Waals surface area contributed by atoms with E-state index in [2.05, 4.69) is 23.6 Å². The largest absolute Gasteiger partial charge is 0.341 e. The van der Waals surface area contributed by atoms with Gasteiger partial charge in [0.2, 0.25) is 15.9 Å². The molecule has 198 valence electrons. The molecule has 2 fully saturated rings. The summed E-state index contributed by atoms with van der Waals surface area (Å²) in [6.45, 7) is 4.67. The number of amides is 1. The van der Waals surface area contributed by atoms with Gasteiger partial charge in [-0.2, -0.15) is 8.42 Å². The van der Waals surface area contributed by atoms with Gasteiger partial charge in [0, 0.05) is 25.6 Å². The number of nitrogens with one attached hydrogen (secondary N) is 1. The Hall–Kier alpha value is -2.47. The van der Waals surface area contributed by atoms with E-state index >= 15 is 0 Å². The van der Waals surface area contributed by atoms with Gasteiger partial charge in [-0.1, -0.05) is 33.1 Å². The molecule has 10 nitrogen and oxygen atoms in total. The first-order chi connectivity index (χ1) is 16.8. The third-order valence-corrected chi connectivity index (χ3v) is 9.90. The molecular formula is C24H34N4O6S2. The monoisotopic (exact) mass is 538 g/mol. The molecular weight excluding hydrogens is 504 g/mol. The number of anilines is 2. The van der Waals surface area contributed by atoms with Crippen molar-refractivity contribution in [1.29, 1.82) is 0 Å². The van der Waals surface area contributed by atoms with Crippen molar-refractivity contribution in [3.8, 4) is 0 Å². The van der Waals surface area contributed by atoms with Crippen LogP contribution in [-0.2, 0) is 29.6 Å². The first kappa shape index (κ1) is 26.6. The molecule has 12 heteroatoms. The van der Waals surface area contributed by atoms with Crippen LogP contribution in [0.5, 0.6) is 0 Å². The summed E-state index contributed by atoms with van der Waals surface area (Å²) in [6, 6.07) is 3.96. The molecule has 3 unspecified atom stereocenters. The van der Waals surface area contributed by atoms with E-state index in [0.29, 0.717) is 18.9 Å². The van der Waals surface area contributed by atoms with Crippen LogP contribution in [0, 0.1) is 17.8 Å². The fourth-order valence-electron chi connectivity index (χ4n) is 5.26. The minimum atomic E-state index is -4.29. The van der Waals surface area contributed by atoms with E-state index < -0.39 is 31.9 Å². The van der Waals surface area contributed by atoms with Crippen molar-refractivity contribution in [2.45, 2.75) is 63.3 Å². The van der Waals surface area contributed by atoms with Crippen LogP contribution in [0.1, 0.15) is 52.4 Å². The summed E-state index contributed by atoms with van der Waals surface area (Å²) in [5, 5.41) is 2.92. The Morgan fingerprint density at radius 2 is 1.86 bits per heavy atom. The van der Waals surface area contributed by atoms with Crippen LogP contribution in [0.15, 0.2) is 27.5 Å². The van der Waals surface area contributed by atoms with Gasteiger partial charge >= 0.3 is 0 Å². The van der Waals surface area contributed by atoms with Crippen molar-refractivity contribution in [2.24, 2.45) is 22.2 Å². The van der Waals surface area contributed by atoms with Crippen molar-refractivity contribution >= 4 is 48.9 Å². The van der Waals surface area contributed by atoms with Gasteiger partial charge in [0.05, 0.1) is 17.6 Å². The topological polar surface area (TPSA) is 133 Å². The molecule has 1 aromatic carbocycles. The lowest BCUT2D eigenvalue weighted by molar-refractivity contribution is -0.150. The van der Waals surface area contributed by atoms with Crippen LogP contribution in [0.3, 0.4) is 0 Å². The average Bonchev–Trinajstić information content (AvgIpc) is 3.03. The lowest BCUT2D eigenvalue weighted by Gasteiger charge is -2.43. The van der Waals surface area contributed by atoms with E-state index in [1.165, 1.54) is 25.2 Å². The molecule has 2 heterocycles. The highest BCUT2D eigenvalue weighted by atomic mass is 32.2. The number of Topliss-reactive ketones (excluding diaryl/α,β-unsaturated/α-hetero) is 1. The van der Waals surface area contributed by atoms with Gasteiger partial charge in [-0.25, -0.2) is 8.42 Å². The van der Waals surface area contributed by atoms with Gasteiger partial charge in [-0.15, -0.1) is 4.40 Å². The van der Waals surface area contributed by atoms with Crippen molar-refractivity contribution < 1.29 is 26.4 Å². The smallest absolute Gasteiger partial charge is 0.286 e. The molecule has 3 aliphatic rings. The second-order valence-corrected chi connectivity index (χ2v) is 13.9. The van der Waals surface area contributed by atoms with Gasteiger partial charge in [0.1, 0.15) is 10.7 Å². The molecule has 0 radical (unpaired) electrons. The molecule has 1 amide bonds. The van der Waals surface area contributed by atoms with Crippen LogP contribution in [0.2, 0.25) is 0 Å². The highest BCUT2D eigenvalue weighted by Gasteiger charge is 2.50. The summed E-state index contributed by atoms with van der Waals surface area (Å²) >= 11 is 0. The number of amidine groups is 1. The van der Waals surface area contributed by atoms with Crippen LogP contribution in [0.4, 0.5) is 11.4 Å². The Kier molecular flexibility index (Phi) is 7.22. The van der Waals surface area contributed by atoms with Gasteiger partial charge in [-0.3, -0.25) is 13.9 Å². The normalized spacial score (nSPS) is 26.0. The zero-order valence-corrected chi connectivity index (χ0v) is 22.7. The van der Waals surface area contributed by atoms with E-state index in [9.17, 15) is 26.4 Å². The van der Waals surface area contributed by atoms with E-state index in [4.69, 9.17) is 0 Å². The maximum absolute atomic E-state index is 13.7. The molecule has 4 rings (SSSR count). The third kappa shape index (κ3) is 5.02. The molecule has 3 atom stereocenters. The predicted molar refractivity (Wildman–Crippen MR) is 138 cm³/mol. The summed E-state index contributed by atoms with van der Waals surface area (Å²) in [5.41, 5.74) is 0.314. The summed E-state index contributed by atoms with van der Waals surface area (Å²) in [7, 11) is -6.57. The Morgan fingerprint density at radius 1 is 1.17 bits per heavy atom. The summed E-state index contributed by atoms with van der Waals surface area (Å²) < 4.78 is 55.0. The predicted octanol–water partition coefficient (Wildman–Crippen LogP) is 2.62. The zero-order valence-electron chi connectivity index (χ0n) is 21.1. The van der Waals surface area contributed by atoms with Crippen LogP contribution in [-0.4, -0.2) is 65.2 Å². The Labute approximate surface area is 213 Å². The van der Waals surface area contributed by atoms with Crippen LogP contribution >= 0.6 is 0 Å². The number of hydrogen-bond donors (Lipinski definition) is 1. The van der Waals surface area contributed by atoms with E-state index in [-0.39, 0.29) is 39.8 Å². The second kappa shape index (κ2) is 9.77. The van der Waals surface area contributed by atoms with Gasteiger partial charge < -0.3 is 10.2 Å². The fraction of sp³-hybridized carbons (Fsp3) is 0.625. The lowest BCUT2D eigenvalue weighted by atomic mass is 9.77. The molecule has 1 saturated heterocycles. The minimum absolute atomic E-state index is 0.156. The summed E-state index contributed by atoms with van der Waals surface area (Å²) in [6.07, 6.45) is 6.09. The first-order valence-corrected chi connectivity index (χ1v) is 15.6. The number of rotatable bonds is 6. The minimum Gasteiger partial charge on any atom is -0.341 e. The first-order valence-electron chi connectivity index (χ1n) is 12.4. The molecule has 0 spiro atoms. The zero-order chi connectivity index (χ0) is 26.4. The SMILES string of the molecule is CC(C)CCN1C(=O)C(C2=NS(=O)(=O)c3cc(N(C)S(C)(=O)=O)ccc3N2)C(=O)C2CCCCCC21. The van der Waals surface area contributed by atoms with Crippen molar-refractivity contribution in [3.05, 3.63) is 18.2 Å². The molecule has 0 aromatic heterocycles. The number of nitrogens with zero attached hydrogens (tertiary/aromatic N) is 3. The van der Waals surface area contributed by atoms with E-state index in [1.54, 1.807) is 4.90 Å². The van der Waals surface area contributed by atoms with Gasteiger partial charge in [0.15, 0.2) is 11.7 Å². The van der Waals surface area contributed by atoms with Crippen molar-refractivity contribution in [1.82, 2.24) is 4.90 Å². The fourth-order valence-corrected chi connectivity index (χ4v) is 6.93. The Morgan fingerprint density at radius 3 is 2.53 bits per heavy atom. The molecule has 2 aliphatic heterocycles. The highest BCUT2D eigenvalue weighted by molar-refractivity contribution is 7.92. The number of sulfonamides is 2. The van der Waals surface area contributed by atoms with Gasteiger partial charge in [-0.05, 0) is 43.4 Å². The van der Waals surface area contributed by atoms with Crippen molar-refractivity contribution in [3.63, 3.8) is 0 Å². The maximum Gasteiger partial charge on any atom is 0.286 e. The molecule has 36 heavy (non-hydrogen) atoms. The Bertz CT molecular complexity index is 1310. The number of benzene rings is 1. The number of fused-ring (bicyclic) bond motifs is 2. The number of carbonyl (C=O) groups is 2.